The number of benzene rings is 1. The molecule has 9 nitrogen and oxygen atoms in total. The summed E-state index contributed by atoms with van der Waals surface area (Å²) in [6.07, 6.45) is -0.369. The van der Waals surface area contributed by atoms with Crippen LogP contribution in [0.2, 0.25) is 0 Å². The monoisotopic (exact) mass is 436 g/mol. The van der Waals surface area contributed by atoms with Crippen LogP contribution in [-0.4, -0.2) is 88.4 Å². The minimum Gasteiger partial charge on any atom is -0.377 e. The largest absolute Gasteiger partial charge is 0.377 e. The van der Waals surface area contributed by atoms with Crippen LogP contribution in [-0.2, 0) is 42.7 Å². The van der Waals surface area contributed by atoms with Gasteiger partial charge in [-0.15, -0.1) is 0 Å². The minimum absolute atomic E-state index is 0.0493. The van der Waals surface area contributed by atoms with E-state index in [-0.39, 0.29) is 24.4 Å². The van der Waals surface area contributed by atoms with Crippen LogP contribution in [0.25, 0.3) is 0 Å². The Kier molecular flexibility index (Phi) is 14.0. The second-order valence-corrected chi connectivity index (χ2v) is 7.52. The fraction of sp³-hybridized carbons (Fsp3) is 0.684. The third-order valence-corrected chi connectivity index (χ3v) is 5.00. The molecule has 0 spiro atoms. The van der Waals surface area contributed by atoms with E-state index in [1.165, 1.54) is 12.1 Å². The van der Waals surface area contributed by atoms with Crippen molar-refractivity contribution in [2.24, 2.45) is 0 Å². The predicted octanol–water partition coefficient (Wildman–Crippen LogP) is 1.39. The molecule has 0 saturated carbocycles. The molecule has 0 fully saturated rings. The summed E-state index contributed by atoms with van der Waals surface area (Å²) in [5, 5.41) is 0. The average Bonchev–Trinajstić information content (AvgIpc) is 2.71. The quantitative estimate of drug-likeness (QED) is 0.192. The summed E-state index contributed by atoms with van der Waals surface area (Å²) in [5.74, 6) is 0. The van der Waals surface area contributed by atoms with Crippen LogP contribution >= 0.6 is 0 Å². The van der Waals surface area contributed by atoms with Gasteiger partial charge in [-0.1, -0.05) is 17.7 Å². The van der Waals surface area contributed by atoms with Crippen LogP contribution in [0.3, 0.4) is 0 Å². The summed E-state index contributed by atoms with van der Waals surface area (Å²) in [5.41, 5.74) is 0.980. The Hall–Kier alpha value is -1.11. The third-order valence-electron chi connectivity index (χ3n) is 3.67. The fourth-order valence-electron chi connectivity index (χ4n) is 2.05. The van der Waals surface area contributed by atoms with Gasteiger partial charge in [0.2, 0.25) is 0 Å². The van der Waals surface area contributed by atoms with Gasteiger partial charge in [-0.25, -0.2) is 0 Å². The van der Waals surface area contributed by atoms with Crippen LogP contribution < -0.4 is 0 Å². The summed E-state index contributed by atoms with van der Waals surface area (Å²) in [7, 11) is -0.649. The van der Waals surface area contributed by atoms with Gasteiger partial charge in [-0.2, -0.15) is 8.42 Å². The van der Waals surface area contributed by atoms with Gasteiger partial charge in [0.15, 0.2) is 6.29 Å². The van der Waals surface area contributed by atoms with Crippen molar-refractivity contribution < 1.29 is 41.0 Å². The SMILES string of the molecule is COC(COCCOCCOCCOCCOS(=O)(=O)c1ccc(C)cc1)OC. The highest BCUT2D eigenvalue weighted by Crippen LogP contribution is 2.12. The molecule has 0 aliphatic heterocycles. The molecule has 0 atom stereocenters. The number of methoxy groups -OCH3 is 2. The molecule has 1 aromatic rings. The van der Waals surface area contributed by atoms with E-state index in [0.717, 1.165) is 5.56 Å². The van der Waals surface area contributed by atoms with Crippen molar-refractivity contribution >= 4 is 10.1 Å². The number of ether oxygens (including phenoxy) is 6. The molecule has 0 aromatic heterocycles. The van der Waals surface area contributed by atoms with Crippen molar-refractivity contribution in [3.63, 3.8) is 0 Å². The smallest absolute Gasteiger partial charge is 0.297 e. The van der Waals surface area contributed by atoms with Gasteiger partial charge in [-0.3, -0.25) is 4.18 Å². The van der Waals surface area contributed by atoms with E-state index in [1.54, 1.807) is 26.4 Å². The zero-order valence-electron chi connectivity index (χ0n) is 17.3. The maximum absolute atomic E-state index is 12.0. The molecule has 0 radical (unpaired) electrons. The summed E-state index contributed by atoms with van der Waals surface area (Å²) >= 11 is 0. The Labute approximate surface area is 173 Å². The van der Waals surface area contributed by atoms with E-state index in [2.05, 4.69) is 0 Å². The molecule has 10 heteroatoms. The summed E-state index contributed by atoms with van der Waals surface area (Å²) in [6, 6.07) is 6.48. The van der Waals surface area contributed by atoms with Gasteiger partial charge in [0.05, 0.1) is 64.4 Å². The van der Waals surface area contributed by atoms with Crippen molar-refractivity contribution in [1.82, 2.24) is 0 Å². The Balaban J connectivity index is 1.90. The van der Waals surface area contributed by atoms with Crippen LogP contribution in [0.4, 0.5) is 0 Å². The van der Waals surface area contributed by atoms with Crippen molar-refractivity contribution in [2.75, 3.05) is 73.7 Å². The normalized spacial score (nSPS) is 12.0. The number of rotatable bonds is 18. The Morgan fingerprint density at radius 1 is 0.724 bits per heavy atom. The van der Waals surface area contributed by atoms with E-state index in [0.29, 0.717) is 46.2 Å². The molecule has 29 heavy (non-hydrogen) atoms. The first-order valence-corrected chi connectivity index (χ1v) is 10.7. The van der Waals surface area contributed by atoms with Crippen LogP contribution in [0.1, 0.15) is 5.56 Å². The molecule has 0 unspecified atom stereocenters. The maximum Gasteiger partial charge on any atom is 0.297 e. The predicted molar refractivity (Wildman–Crippen MR) is 105 cm³/mol. The van der Waals surface area contributed by atoms with Crippen LogP contribution in [0.5, 0.6) is 0 Å². The van der Waals surface area contributed by atoms with E-state index in [4.69, 9.17) is 32.6 Å². The van der Waals surface area contributed by atoms with E-state index in [9.17, 15) is 8.42 Å². The van der Waals surface area contributed by atoms with Crippen molar-refractivity contribution in [1.29, 1.82) is 0 Å². The van der Waals surface area contributed by atoms with Crippen LogP contribution in [0, 0.1) is 6.92 Å². The lowest BCUT2D eigenvalue weighted by molar-refractivity contribution is -0.143. The summed E-state index contributed by atoms with van der Waals surface area (Å²) in [4.78, 5) is 0.133. The summed E-state index contributed by atoms with van der Waals surface area (Å²) in [6.45, 7) is 4.83. The lowest BCUT2D eigenvalue weighted by Gasteiger charge is -2.13. The molecule has 0 aliphatic carbocycles. The van der Waals surface area contributed by atoms with Crippen LogP contribution in [0.15, 0.2) is 29.2 Å². The molecule has 0 bridgehead atoms. The molecular weight excluding hydrogens is 404 g/mol. The van der Waals surface area contributed by atoms with Gasteiger partial charge < -0.3 is 28.4 Å². The second kappa shape index (κ2) is 15.7. The minimum atomic E-state index is -3.75. The molecule has 0 amide bonds. The number of hydrogen-bond acceptors (Lipinski definition) is 9. The van der Waals surface area contributed by atoms with E-state index in [1.807, 2.05) is 6.92 Å². The van der Waals surface area contributed by atoms with E-state index >= 15 is 0 Å². The second-order valence-electron chi connectivity index (χ2n) is 5.90. The first kappa shape index (κ1) is 25.9. The van der Waals surface area contributed by atoms with Gasteiger partial charge in [-0.05, 0) is 19.1 Å². The first-order chi connectivity index (χ1) is 14.0. The average molecular weight is 437 g/mol. The third kappa shape index (κ3) is 12.2. The van der Waals surface area contributed by atoms with Gasteiger partial charge in [0.25, 0.3) is 10.1 Å². The van der Waals surface area contributed by atoms with Gasteiger partial charge in [0, 0.05) is 14.2 Å². The Bertz CT molecular complexity index is 615. The van der Waals surface area contributed by atoms with Crippen molar-refractivity contribution in [3.05, 3.63) is 29.8 Å². The Morgan fingerprint density at radius 2 is 1.17 bits per heavy atom. The highest BCUT2D eigenvalue weighted by Gasteiger charge is 2.14. The fourth-order valence-corrected chi connectivity index (χ4v) is 2.94. The highest BCUT2D eigenvalue weighted by molar-refractivity contribution is 7.86. The summed E-state index contributed by atoms with van der Waals surface area (Å²) < 4.78 is 60.2. The molecule has 0 aliphatic rings. The molecule has 0 saturated heterocycles. The Morgan fingerprint density at radius 3 is 1.66 bits per heavy atom. The lowest BCUT2D eigenvalue weighted by Crippen LogP contribution is -2.21. The lowest BCUT2D eigenvalue weighted by atomic mass is 10.2. The molecule has 0 heterocycles. The molecule has 1 aromatic carbocycles. The standard InChI is InChI=1S/C19H32O9S/c1-17-4-6-18(7-5-17)29(20,21)28-15-14-26-11-10-24-8-9-25-12-13-27-16-19(22-2)23-3/h4-7,19H,8-16H2,1-3H3. The molecular formula is C19H32O9S. The topological polar surface area (TPSA) is 98.8 Å². The van der Waals surface area contributed by atoms with E-state index < -0.39 is 10.1 Å². The number of hydrogen-bond donors (Lipinski definition) is 0. The molecule has 0 N–H and O–H groups in total. The highest BCUT2D eigenvalue weighted by atomic mass is 32.2. The molecule has 1 rings (SSSR count). The van der Waals surface area contributed by atoms with Gasteiger partial charge in [0.1, 0.15) is 0 Å². The zero-order valence-corrected chi connectivity index (χ0v) is 18.1. The van der Waals surface area contributed by atoms with Crippen molar-refractivity contribution in [3.8, 4) is 0 Å². The first-order valence-electron chi connectivity index (χ1n) is 9.32. The zero-order chi connectivity index (χ0) is 21.4. The van der Waals surface area contributed by atoms with Crippen molar-refractivity contribution in [2.45, 2.75) is 18.1 Å². The molecule has 168 valence electrons. The maximum atomic E-state index is 12.0. The van der Waals surface area contributed by atoms with Gasteiger partial charge >= 0.3 is 0 Å². The number of aryl methyl sites for hydroxylation is 1.